The van der Waals surface area contributed by atoms with E-state index in [9.17, 15) is 9.59 Å². The molecule has 0 saturated carbocycles. The van der Waals surface area contributed by atoms with E-state index in [0.717, 1.165) is 23.1 Å². The van der Waals surface area contributed by atoms with Gasteiger partial charge in [-0.2, -0.15) is 0 Å². The van der Waals surface area contributed by atoms with Gasteiger partial charge in [-0.3, -0.25) is 14.5 Å². The summed E-state index contributed by atoms with van der Waals surface area (Å²) in [5.74, 6) is -0.191. The molecule has 8 heteroatoms. The maximum atomic E-state index is 13.4. The first-order chi connectivity index (χ1) is 15.8. The number of benzene rings is 2. The van der Waals surface area contributed by atoms with E-state index in [4.69, 9.17) is 33.7 Å². The number of anilines is 1. The minimum atomic E-state index is -0.539. The molecule has 1 aromatic heterocycles. The molecule has 2 aromatic carbocycles. The lowest BCUT2D eigenvalue weighted by Gasteiger charge is -2.24. The Morgan fingerprint density at radius 2 is 1.94 bits per heavy atom. The maximum absolute atomic E-state index is 13.4. The highest BCUT2D eigenvalue weighted by Crippen LogP contribution is 2.37. The summed E-state index contributed by atoms with van der Waals surface area (Å²) in [6.45, 7) is 3.01. The van der Waals surface area contributed by atoms with Gasteiger partial charge in [-0.1, -0.05) is 35.3 Å². The number of carbonyl (C=O) groups is 2. The summed E-state index contributed by atoms with van der Waals surface area (Å²) in [6.07, 6.45) is 2.45. The fourth-order valence-electron chi connectivity index (χ4n) is 4.05. The molecule has 2 amide bonds. The van der Waals surface area contributed by atoms with Gasteiger partial charge in [0.05, 0.1) is 17.2 Å². The normalized spacial score (nSPS) is 15.5. The summed E-state index contributed by atoms with van der Waals surface area (Å²) in [7, 11) is 1.69. The molecule has 0 aliphatic carbocycles. The quantitative estimate of drug-likeness (QED) is 0.537. The second-order valence-electron chi connectivity index (χ2n) is 8.05. The van der Waals surface area contributed by atoms with Crippen LogP contribution in [0.2, 0.25) is 10.0 Å². The highest BCUT2D eigenvalue weighted by atomic mass is 35.5. The summed E-state index contributed by atoms with van der Waals surface area (Å²) in [5, 5.41) is 0.864. The standard InChI is InChI=1S/C25H23Cl2N3O3/c1-14-4-3-5-21(27)22(14)25(32)30(2)24-19(16-8-9-33-13-16)11-17(12-29-24)18-10-15(23(28)31)6-7-20(18)26/h3-7,10-12,16H,8-9,13H2,1-2H3,(H2,28,31). The zero-order chi connectivity index (χ0) is 23.7. The van der Waals surface area contributed by atoms with Crippen LogP contribution in [0.15, 0.2) is 48.7 Å². The Labute approximate surface area is 202 Å². The lowest BCUT2D eigenvalue weighted by atomic mass is 9.94. The molecule has 0 bridgehead atoms. The third-order valence-electron chi connectivity index (χ3n) is 5.88. The second kappa shape index (κ2) is 9.51. The van der Waals surface area contributed by atoms with Crippen LogP contribution in [0.4, 0.5) is 5.82 Å². The van der Waals surface area contributed by atoms with Crippen molar-refractivity contribution in [2.45, 2.75) is 19.3 Å². The van der Waals surface area contributed by atoms with Crippen molar-refractivity contribution in [2.24, 2.45) is 5.73 Å². The van der Waals surface area contributed by atoms with Crippen molar-refractivity contribution < 1.29 is 14.3 Å². The minimum absolute atomic E-state index is 0.0631. The average Bonchev–Trinajstić information content (AvgIpc) is 3.33. The van der Waals surface area contributed by atoms with Gasteiger partial charge in [0.1, 0.15) is 5.82 Å². The van der Waals surface area contributed by atoms with Crippen molar-refractivity contribution in [1.82, 2.24) is 4.98 Å². The number of nitrogens with zero attached hydrogens (tertiary/aromatic N) is 2. The number of ether oxygens (including phenoxy) is 1. The molecule has 0 radical (unpaired) electrons. The van der Waals surface area contributed by atoms with Gasteiger partial charge in [0.15, 0.2) is 0 Å². The molecule has 1 saturated heterocycles. The number of carbonyl (C=O) groups excluding carboxylic acids is 2. The summed E-state index contributed by atoms with van der Waals surface area (Å²) >= 11 is 12.8. The second-order valence-corrected chi connectivity index (χ2v) is 8.87. The SMILES string of the molecule is Cc1cccc(Cl)c1C(=O)N(C)c1ncc(-c2cc(C(N)=O)ccc2Cl)cc1C1CCOC1. The summed E-state index contributed by atoms with van der Waals surface area (Å²) in [4.78, 5) is 31.2. The van der Waals surface area contributed by atoms with E-state index >= 15 is 0 Å². The molecular formula is C25H23Cl2N3O3. The molecule has 1 fully saturated rings. The monoisotopic (exact) mass is 483 g/mol. The fourth-order valence-corrected chi connectivity index (χ4v) is 4.58. The van der Waals surface area contributed by atoms with Crippen LogP contribution < -0.4 is 10.6 Å². The largest absolute Gasteiger partial charge is 0.381 e. The maximum Gasteiger partial charge on any atom is 0.260 e. The van der Waals surface area contributed by atoms with Crippen LogP contribution in [0.25, 0.3) is 11.1 Å². The van der Waals surface area contributed by atoms with Gasteiger partial charge < -0.3 is 10.5 Å². The van der Waals surface area contributed by atoms with Gasteiger partial charge in [0, 0.05) is 53.0 Å². The number of amides is 2. The highest BCUT2D eigenvalue weighted by Gasteiger charge is 2.28. The number of pyridine rings is 1. The van der Waals surface area contributed by atoms with E-state index in [1.165, 1.54) is 4.90 Å². The first-order valence-electron chi connectivity index (χ1n) is 10.5. The predicted octanol–water partition coefficient (Wildman–Crippen LogP) is 5.24. The van der Waals surface area contributed by atoms with Crippen LogP contribution in [0, 0.1) is 6.92 Å². The highest BCUT2D eigenvalue weighted by molar-refractivity contribution is 6.35. The van der Waals surface area contributed by atoms with E-state index in [1.807, 2.05) is 25.1 Å². The van der Waals surface area contributed by atoms with E-state index in [1.54, 1.807) is 37.5 Å². The molecule has 1 atom stereocenters. The third-order valence-corrected chi connectivity index (χ3v) is 6.53. The summed E-state index contributed by atoms with van der Waals surface area (Å²) < 4.78 is 5.61. The topological polar surface area (TPSA) is 85.5 Å². The zero-order valence-corrected chi connectivity index (χ0v) is 19.8. The van der Waals surface area contributed by atoms with Crippen molar-refractivity contribution in [1.29, 1.82) is 0 Å². The van der Waals surface area contributed by atoms with Crippen molar-refractivity contribution >= 4 is 40.8 Å². The molecule has 1 unspecified atom stereocenters. The van der Waals surface area contributed by atoms with Crippen LogP contribution in [-0.4, -0.2) is 37.1 Å². The minimum Gasteiger partial charge on any atom is -0.381 e. The number of nitrogens with two attached hydrogens (primary N) is 1. The van der Waals surface area contributed by atoms with Crippen LogP contribution >= 0.6 is 23.2 Å². The predicted molar refractivity (Wildman–Crippen MR) is 130 cm³/mol. The Morgan fingerprint density at radius 1 is 1.15 bits per heavy atom. The molecule has 1 aliphatic rings. The summed E-state index contributed by atoms with van der Waals surface area (Å²) in [6, 6.07) is 12.2. The van der Waals surface area contributed by atoms with E-state index < -0.39 is 5.91 Å². The number of aromatic nitrogens is 1. The number of primary amides is 1. The molecule has 0 spiro atoms. The van der Waals surface area contributed by atoms with Gasteiger partial charge in [0.2, 0.25) is 5.91 Å². The lowest BCUT2D eigenvalue weighted by Crippen LogP contribution is -2.29. The first kappa shape index (κ1) is 23.2. The zero-order valence-electron chi connectivity index (χ0n) is 18.3. The number of halogens is 2. The van der Waals surface area contributed by atoms with Crippen LogP contribution in [0.5, 0.6) is 0 Å². The van der Waals surface area contributed by atoms with Gasteiger partial charge >= 0.3 is 0 Å². The Hall–Kier alpha value is -2.93. The van der Waals surface area contributed by atoms with E-state index in [0.29, 0.717) is 45.8 Å². The smallest absolute Gasteiger partial charge is 0.260 e. The summed E-state index contributed by atoms with van der Waals surface area (Å²) in [5.41, 5.74) is 9.27. The fraction of sp³-hybridized carbons (Fsp3) is 0.240. The molecule has 4 rings (SSSR count). The van der Waals surface area contributed by atoms with Crippen LogP contribution in [-0.2, 0) is 4.74 Å². The van der Waals surface area contributed by atoms with Crippen molar-refractivity contribution in [3.8, 4) is 11.1 Å². The van der Waals surface area contributed by atoms with Crippen LogP contribution in [0.3, 0.4) is 0 Å². The van der Waals surface area contributed by atoms with Crippen molar-refractivity contribution in [2.75, 3.05) is 25.2 Å². The van der Waals surface area contributed by atoms with Gasteiger partial charge in [-0.05, 0) is 49.2 Å². The van der Waals surface area contributed by atoms with Crippen molar-refractivity contribution in [3.63, 3.8) is 0 Å². The first-order valence-corrected chi connectivity index (χ1v) is 11.2. The third kappa shape index (κ3) is 4.60. The molecule has 1 aliphatic heterocycles. The molecule has 170 valence electrons. The Kier molecular flexibility index (Phi) is 6.70. The van der Waals surface area contributed by atoms with E-state index in [2.05, 4.69) is 4.98 Å². The van der Waals surface area contributed by atoms with Gasteiger partial charge in [-0.15, -0.1) is 0 Å². The van der Waals surface area contributed by atoms with Crippen molar-refractivity contribution in [3.05, 3.63) is 81.0 Å². The molecule has 3 aromatic rings. The number of hydrogen-bond acceptors (Lipinski definition) is 4. The number of rotatable bonds is 5. The van der Waals surface area contributed by atoms with Gasteiger partial charge in [-0.25, -0.2) is 4.98 Å². The molecule has 2 heterocycles. The number of hydrogen-bond donors (Lipinski definition) is 1. The molecule has 6 nitrogen and oxygen atoms in total. The van der Waals surface area contributed by atoms with E-state index in [-0.39, 0.29) is 11.8 Å². The number of aryl methyl sites for hydroxylation is 1. The molecular weight excluding hydrogens is 461 g/mol. The van der Waals surface area contributed by atoms with Gasteiger partial charge in [0.25, 0.3) is 5.91 Å². The average molecular weight is 484 g/mol. The van der Waals surface area contributed by atoms with Crippen LogP contribution in [0.1, 0.15) is 44.2 Å². The Morgan fingerprint density at radius 3 is 2.61 bits per heavy atom. The Balaban J connectivity index is 1.81. The Bertz CT molecular complexity index is 1220. The molecule has 33 heavy (non-hydrogen) atoms. The lowest BCUT2D eigenvalue weighted by molar-refractivity contribution is 0.0986. The molecule has 2 N–H and O–H groups in total.